The zero-order valence-electron chi connectivity index (χ0n) is 8.50. The van der Waals surface area contributed by atoms with Crippen LogP contribution in [0.2, 0.25) is 0 Å². The molecule has 0 saturated carbocycles. The van der Waals surface area contributed by atoms with Gasteiger partial charge < -0.3 is 16.4 Å². The summed E-state index contributed by atoms with van der Waals surface area (Å²) in [5.74, 6) is -0.164. The van der Waals surface area contributed by atoms with Crippen LogP contribution in [0.1, 0.15) is 10.4 Å². The number of halogens is 1. The van der Waals surface area contributed by atoms with Crippen molar-refractivity contribution in [3.05, 3.63) is 33.4 Å². The molecular formula is C10H12IN3O2. The molecule has 5 nitrogen and oxygen atoms in total. The highest BCUT2D eigenvalue weighted by Gasteiger charge is 2.03. The minimum absolute atomic E-state index is 0.164. The Bertz CT molecular complexity index is 378. The number of hydrogen-bond donors (Lipinski definition) is 3. The Morgan fingerprint density at radius 1 is 1.12 bits per heavy atom. The van der Waals surface area contributed by atoms with E-state index in [4.69, 9.17) is 5.73 Å². The van der Waals surface area contributed by atoms with Gasteiger partial charge in [0.05, 0.1) is 0 Å². The predicted molar refractivity (Wildman–Crippen MR) is 69.1 cm³/mol. The smallest absolute Gasteiger partial charge is 0.312 e. The van der Waals surface area contributed by atoms with Gasteiger partial charge in [-0.05, 0) is 46.9 Å². The summed E-state index contributed by atoms with van der Waals surface area (Å²) < 4.78 is 1.07. The molecule has 1 aromatic carbocycles. The third-order valence-corrected chi connectivity index (χ3v) is 2.54. The van der Waals surface area contributed by atoms with Crippen LogP contribution in [-0.4, -0.2) is 25.0 Å². The summed E-state index contributed by atoms with van der Waals surface area (Å²) in [6.07, 6.45) is 0. The molecule has 4 N–H and O–H groups in total. The van der Waals surface area contributed by atoms with Crippen molar-refractivity contribution in [1.82, 2.24) is 10.6 Å². The van der Waals surface area contributed by atoms with E-state index in [0.29, 0.717) is 18.7 Å². The van der Waals surface area contributed by atoms with Crippen molar-refractivity contribution in [3.8, 4) is 0 Å². The summed E-state index contributed by atoms with van der Waals surface area (Å²) in [5, 5.41) is 5.05. The number of nitrogens with one attached hydrogen (secondary N) is 2. The maximum Gasteiger partial charge on any atom is 0.312 e. The van der Waals surface area contributed by atoms with E-state index in [1.165, 1.54) is 0 Å². The monoisotopic (exact) mass is 333 g/mol. The van der Waals surface area contributed by atoms with Crippen LogP contribution in [0.4, 0.5) is 4.79 Å². The van der Waals surface area contributed by atoms with Gasteiger partial charge in [0.1, 0.15) is 0 Å². The summed E-state index contributed by atoms with van der Waals surface area (Å²) >= 11 is 2.17. The molecule has 0 radical (unpaired) electrons. The third-order valence-electron chi connectivity index (χ3n) is 1.82. The fourth-order valence-electron chi connectivity index (χ4n) is 1.07. The van der Waals surface area contributed by atoms with Crippen molar-refractivity contribution >= 4 is 34.5 Å². The molecule has 1 aromatic rings. The highest BCUT2D eigenvalue weighted by atomic mass is 127. The van der Waals surface area contributed by atoms with Gasteiger partial charge in [-0.3, -0.25) is 4.79 Å². The molecule has 0 aromatic heterocycles. The quantitative estimate of drug-likeness (QED) is 0.560. The molecule has 0 aliphatic heterocycles. The summed E-state index contributed by atoms with van der Waals surface area (Å²) in [6.45, 7) is 0.680. The number of carbonyl (C=O) groups excluding carboxylic acids is 2. The van der Waals surface area contributed by atoms with Gasteiger partial charge in [0.15, 0.2) is 0 Å². The number of primary amides is 1. The highest BCUT2D eigenvalue weighted by molar-refractivity contribution is 14.1. The number of hydrogen-bond acceptors (Lipinski definition) is 2. The summed E-state index contributed by atoms with van der Waals surface area (Å²) in [7, 11) is 0. The average Bonchev–Trinajstić information content (AvgIpc) is 2.25. The second kappa shape index (κ2) is 6.31. The SMILES string of the molecule is NC(=O)NCCNC(=O)c1ccc(I)cc1. The van der Waals surface area contributed by atoms with E-state index >= 15 is 0 Å². The lowest BCUT2D eigenvalue weighted by molar-refractivity contribution is 0.0954. The van der Waals surface area contributed by atoms with Crippen LogP contribution in [0.25, 0.3) is 0 Å². The molecule has 6 heteroatoms. The number of carbonyl (C=O) groups is 2. The van der Waals surface area contributed by atoms with E-state index in [1.807, 2.05) is 12.1 Å². The van der Waals surface area contributed by atoms with E-state index in [-0.39, 0.29) is 5.91 Å². The van der Waals surface area contributed by atoms with E-state index in [2.05, 4.69) is 33.2 Å². The molecular weight excluding hydrogens is 321 g/mol. The first-order valence-corrected chi connectivity index (χ1v) is 5.74. The van der Waals surface area contributed by atoms with Gasteiger partial charge in [-0.2, -0.15) is 0 Å². The molecule has 0 saturated heterocycles. The van der Waals surface area contributed by atoms with E-state index in [1.54, 1.807) is 12.1 Å². The van der Waals surface area contributed by atoms with E-state index < -0.39 is 6.03 Å². The van der Waals surface area contributed by atoms with Crippen molar-refractivity contribution in [2.24, 2.45) is 5.73 Å². The van der Waals surface area contributed by atoms with Crippen LogP contribution < -0.4 is 16.4 Å². The van der Waals surface area contributed by atoms with Gasteiger partial charge in [0.25, 0.3) is 5.91 Å². The Balaban J connectivity index is 2.35. The molecule has 16 heavy (non-hydrogen) atoms. The van der Waals surface area contributed by atoms with E-state index in [0.717, 1.165) is 3.57 Å². The number of amides is 3. The first kappa shape index (κ1) is 12.8. The van der Waals surface area contributed by atoms with E-state index in [9.17, 15) is 9.59 Å². The van der Waals surface area contributed by atoms with Crippen molar-refractivity contribution in [1.29, 1.82) is 0 Å². The molecule has 0 atom stereocenters. The fourth-order valence-corrected chi connectivity index (χ4v) is 1.42. The Labute approximate surface area is 107 Å². The Morgan fingerprint density at radius 3 is 2.25 bits per heavy atom. The lowest BCUT2D eigenvalue weighted by Gasteiger charge is -2.05. The third kappa shape index (κ3) is 4.47. The van der Waals surface area contributed by atoms with Crippen LogP contribution in [0.15, 0.2) is 24.3 Å². The fraction of sp³-hybridized carbons (Fsp3) is 0.200. The van der Waals surface area contributed by atoms with Gasteiger partial charge in [0.2, 0.25) is 0 Å². The Kier molecular flexibility index (Phi) is 5.03. The minimum Gasteiger partial charge on any atom is -0.352 e. The summed E-state index contributed by atoms with van der Waals surface area (Å²) in [5.41, 5.74) is 5.47. The summed E-state index contributed by atoms with van der Waals surface area (Å²) in [4.78, 5) is 21.9. The van der Waals surface area contributed by atoms with Crippen LogP contribution in [0, 0.1) is 3.57 Å². The molecule has 0 unspecified atom stereocenters. The average molecular weight is 333 g/mol. The zero-order valence-corrected chi connectivity index (χ0v) is 10.7. The number of benzene rings is 1. The van der Waals surface area contributed by atoms with Gasteiger partial charge in [-0.25, -0.2) is 4.79 Å². The summed E-state index contributed by atoms with van der Waals surface area (Å²) in [6, 6.07) is 6.62. The molecule has 3 amide bonds. The number of urea groups is 1. The Hall–Kier alpha value is -1.31. The van der Waals surface area contributed by atoms with Gasteiger partial charge >= 0.3 is 6.03 Å². The largest absolute Gasteiger partial charge is 0.352 e. The van der Waals surface area contributed by atoms with Crippen LogP contribution in [0.3, 0.4) is 0 Å². The van der Waals surface area contributed by atoms with Gasteiger partial charge in [-0.15, -0.1) is 0 Å². The predicted octanol–water partition coefficient (Wildman–Crippen LogP) is 0.689. The molecule has 0 heterocycles. The van der Waals surface area contributed by atoms with Crippen LogP contribution in [-0.2, 0) is 0 Å². The van der Waals surface area contributed by atoms with Crippen molar-refractivity contribution in [3.63, 3.8) is 0 Å². The first-order valence-electron chi connectivity index (χ1n) is 4.66. The van der Waals surface area contributed by atoms with Crippen molar-refractivity contribution < 1.29 is 9.59 Å². The van der Waals surface area contributed by atoms with Crippen LogP contribution in [0.5, 0.6) is 0 Å². The molecule has 0 aliphatic carbocycles. The maximum atomic E-state index is 11.5. The molecule has 0 fully saturated rings. The van der Waals surface area contributed by atoms with Gasteiger partial charge in [-0.1, -0.05) is 0 Å². The number of rotatable bonds is 4. The number of nitrogens with two attached hydrogens (primary N) is 1. The highest BCUT2D eigenvalue weighted by Crippen LogP contribution is 2.06. The van der Waals surface area contributed by atoms with Crippen molar-refractivity contribution in [2.45, 2.75) is 0 Å². The minimum atomic E-state index is -0.594. The van der Waals surface area contributed by atoms with Crippen LogP contribution >= 0.6 is 22.6 Å². The standard InChI is InChI=1S/C10H12IN3O2/c11-8-3-1-7(2-4-8)9(15)13-5-6-14-10(12)16/h1-4H,5-6H2,(H,13,15)(H3,12,14,16). The van der Waals surface area contributed by atoms with Gasteiger partial charge in [0, 0.05) is 22.2 Å². The molecule has 0 aliphatic rings. The lowest BCUT2D eigenvalue weighted by Crippen LogP contribution is -2.37. The molecule has 0 spiro atoms. The first-order chi connectivity index (χ1) is 7.59. The molecule has 1 rings (SSSR count). The second-order valence-corrected chi connectivity index (χ2v) is 4.30. The second-order valence-electron chi connectivity index (χ2n) is 3.05. The molecule has 86 valence electrons. The van der Waals surface area contributed by atoms with Crippen molar-refractivity contribution in [2.75, 3.05) is 13.1 Å². The zero-order chi connectivity index (χ0) is 12.0. The maximum absolute atomic E-state index is 11.5. The lowest BCUT2D eigenvalue weighted by atomic mass is 10.2. The normalized spacial score (nSPS) is 9.56. The molecule has 0 bridgehead atoms. The topological polar surface area (TPSA) is 84.2 Å². The Morgan fingerprint density at radius 2 is 1.69 bits per heavy atom.